The molecule has 0 saturated carbocycles. The number of hydrogen-bond acceptors (Lipinski definition) is 3. The molecule has 0 aromatic rings. The van der Waals surface area contributed by atoms with Crippen molar-refractivity contribution >= 4 is 10.1 Å². The van der Waals surface area contributed by atoms with Crippen LogP contribution in [0, 0.1) is 5.92 Å². The van der Waals surface area contributed by atoms with Gasteiger partial charge in [0.15, 0.2) is 0 Å². The summed E-state index contributed by atoms with van der Waals surface area (Å²) in [5.74, 6) is 0.0405. The molecule has 0 radical (unpaired) electrons. The van der Waals surface area contributed by atoms with Crippen LogP contribution >= 0.6 is 0 Å². The van der Waals surface area contributed by atoms with Gasteiger partial charge in [0.25, 0.3) is 10.1 Å². The number of hydrogen-bond donors (Lipinski definition) is 0. The maximum Gasteiger partial charge on any atom is 0.277 e. The van der Waals surface area contributed by atoms with Crippen molar-refractivity contribution in [2.75, 3.05) is 6.61 Å². The summed E-state index contributed by atoms with van der Waals surface area (Å²) in [6, 6.07) is 0. The third-order valence-electron chi connectivity index (χ3n) is 2.84. The van der Waals surface area contributed by atoms with Gasteiger partial charge in [-0.3, -0.25) is 4.18 Å². The maximum absolute atomic E-state index is 11.6. The summed E-state index contributed by atoms with van der Waals surface area (Å²) in [6.45, 7) is 2.22. The van der Waals surface area contributed by atoms with Gasteiger partial charge in [0.1, 0.15) is 4.75 Å². The van der Waals surface area contributed by atoms with E-state index in [-0.39, 0.29) is 5.92 Å². The van der Waals surface area contributed by atoms with Crippen LogP contribution in [0.15, 0.2) is 24.3 Å². The second-order valence-electron chi connectivity index (χ2n) is 3.59. The van der Waals surface area contributed by atoms with Crippen molar-refractivity contribution < 1.29 is 12.6 Å². The number of allylic oxidation sites excluding steroid dienone is 3. The van der Waals surface area contributed by atoms with E-state index in [1.807, 2.05) is 19.1 Å². The molecule has 2 aliphatic rings. The Bertz CT molecular complexity index is 366. The SMILES string of the molecule is CC1COS(=O)(=O)C12C=CC=CC2. The third-order valence-corrected chi connectivity index (χ3v) is 4.92. The Morgan fingerprint density at radius 2 is 2.23 bits per heavy atom. The van der Waals surface area contributed by atoms with Gasteiger partial charge in [-0.1, -0.05) is 31.2 Å². The van der Waals surface area contributed by atoms with Gasteiger partial charge in [-0.25, -0.2) is 0 Å². The molecular weight excluding hydrogens is 188 g/mol. The first-order valence-electron chi connectivity index (χ1n) is 4.32. The van der Waals surface area contributed by atoms with Gasteiger partial charge in [0, 0.05) is 5.92 Å². The van der Waals surface area contributed by atoms with Crippen LogP contribution in [0.4, 0.5) is 0 Å². The van der Waals surface area contributed by atoms with Crippen LogP contribution in [0.3, 0.4) is 0 Å². The van der Waals surface area contributed by atoms with Crippen LogP contribution in [-0.2, 0) is 14.3 Å². The summed E-state index contributed by atoms with van der Waals surface area (Å²) in [4.78, 5) is 0. The Hall–Kier alpha value is -0.610. The monoisotopic (exact) mass is 200 g/mol. The lowest BCUT2D eigenvalue weighted by Gasteiger charge is -2.26. The van der Waals surface area contributed by atoms with E-state index in [9.17, 15) is 8.42 Å². The van der Waals surface area contributed by atoms with E-state index in [0.717, 1.165) is 0 Å². The van der Waals surface area contributed by atoms with E-state index >= 15 is 0 Å². The van der Waals surface area contributed by atoms with Gasteiger partial charge in [0.05, 0.1) is 6.61 Å². The van der Waals surface area contributed by atoms with Crippen LogP contribution in [0.1, 0.15) is 13.3 Å². The highest BCUT2D eigenvalue weighted by Gasteiger charge is 2.52. The van der Waals surface area contributed by atoms with E-state index in [2.05, 4.69) is 0 Å². The Morgan fingerprint density at radius 3 is 2.69 bits per heavy atom. The predicted molar refractivity (Wildman–Crippen MR) is 49.7 cm³/mol. The minimum absolute atomic E-state index is 0.0405. The maximum atomic E-state index is 11.6. The summed E-state index contributed by atoms with van der Waals surface area (Å²) in [5.41, 5.74) is 0. The lowest BCUT2D eigenvalue weighted by atomic mass is 9.88. The Labute approximate surface area is 78.2 Å². The largest absolute Gasteiger partial charge is 0.277 e. The van der Waals surface area contributed by atoms with Crippen molar-refractivity contribution in [2.24, 2.45) is 5.92 Å². The van der Waals surface area contributed by atoms with Crippen LogP contribution in [0.5, 0.6) is 0 Å². The molecule has 0 bridgehead atoms. The zero-order valence-electron chi connectivity index (χ0n) is 7.43. The molecule has 72 valence electrons. The molecule has 13 heavy (non-hydrogen) atoms. The fraction of sp³-hybridized carbons (Fsp3) is 0.556. The van der Waals surface area contributed by atoms with E-state index in [4.69, 9.17) is 4.18 Å². The molecule has 2 rings (SSSR count). The average Bonchev–Trinajstić information content (AvgIpc) is 2.33. The molecule has 2 atom stereocenters. The molecule has 2 unspecified atom stereocenters. The lowest BCUT2D eigenvalue weighted by Crippen LogP contribution is -2.37. The van der Waals surface area contributed by atoms with Gasteiger partial charge in [-0.05, 0) is 6.42 Å². The zero-order valence-corrected chi connectivity index (χ0v) is 8.25. The molecule has 0 N–H and O–H groups in total. The van der Waals surface area contributed by atoms with Crippen molar-refractivity contribution in [3.05, 3.63) is 24.3 Å². The highest BCUT2D eigenvalue weighted by atomic mass is 32.2. The van der Waals surface area contributed by atoms with Gasteiger partial charge >= 0.3 is 0 Å². The zero-order chi connectivity index (χ0) is 9.53. The van der Waals surface area contributed by atoms with Crippen molar-refractivity contribution in [1.29, 1.82) is 0 Å². The van der Waals surface area contributed by atoms with Crippen LogP contribution in [0.2, 0.25) is 0 Å². The molecule has 0 amide bonds. The minimum Gasteiger partial charge on any atom is -0.269 e. The quantitative estimate of drug-likeness (QED) is 0.552. The summed E-state index contributed by atoms with van der Waals surface area (Å²) in [7, 11) is -3.40. The van der Waals surface area contributed by atoms with Crippen molar-refractivity contribution in [2.45, 2.75) is 18.1 Å². The summed E-state index contributed by atoms with van der Waals surface area (Å²) < 4.78 is 27.3. The minimum atomic E-state index is -3.40. The second-order valence-corrected chi connectivity index (χ2v) is 5.49. The van der Waals surface area contributed by atoms with E-state index in [0.29, 0.717) is 13.0 Å². The lowest BCUT2D eigenvalue weighted by molar-refractivity contribution is 0.312. The van der Waals surface area contributed by atoms with E-state index in [1.54, 1.807) is 12.2 Å². The molecule has 1 aliphatic heterocycles. The highest BCUT2D eigenvalue weighted by Crippen LogP contribution is 2.41. The molecule has 3 nitrogen and oxygen atoms in total. The highest BCUT2D eigenvalue weighted by molar-refractivity contribution is 7.88. The Balaban J connectivity index is 2.50. The molecular formula is C9H12O3S. The normalized spacial score (nSPS) is 41.5. The summed E-state index contributed by atoms with van der Waals surface area (Å²) in [5, 5.41) is 0. The first-order valence-corrected chi connectivity index (χ1v) is 5.73. The summed E-state index contributed by atoms with van der Waals surface area (Å²) in [6.07, 6.45) is 7.81. The molecule has 4 heteroatoms. The fourth-order valence-corrected chi connectivity index (χ4v) is 3.57. The number of rotatable bonds is 0. The molecule has 1 fully saturated rings. The van der Waals surface area contributed by atoms with Gasteiger partial charge in [0.2, 0.25) is 0 Å². The predicted octanol–water partition coefficient (Wildman–Crippen LogP) is 1.24. The van der Waals surface area contributed by atoms with Gasteiger partial charge in [-0.2, -0.15) is 8.42 Å². The van der Waals surface area contributed by atoms with Crippen molar-refractivity contribution in [1.82, 2.24) is 0 Å². The molecule has 0 aromatic heterocycles. The molecule has 1 saturated heterocycles. The van der Waals surface area contributed by atoms with E-state index in [1.165, 1.54) is 0 Å². The molecule has 1 spiro atoms. The molecule has 1 aliphatic carbocycles. The smallest absolute Gasteiger partial charge is 0.269 e. The average molecular weight is 200 g/mol. The van der Waals surface area contributed by atoms with Crippen LogP contribution in [-0.4, -0.2) is 19.8 Å². The first-order chi connectivity index (χ1) is 6.08. The van der Waals surface area contributed by atoms with Crippen LogP contribution in [0.25, 0.3) is 0 Å². The standard InChI is InChI=1S/C9H12O3S/c1-8-7-12-13(10,11)9(8)5-3-2-4-6-9/h2-5,8H,6-7H2,1H3. The molecule has 1 heterocycles. The second kappa shape index (κ2) is 2.69. The topological polar surface area (TPSA) is 43.4 Å². The Kier molecular flexibility index (Phi) is 1.85. The fourth-order valence-electron chi connectivity index (χ4n) is 1.86. The van der Waals surface area contributed by atoms with Gasteiger partial charge < -0.3 is 0 Å². The van der Waals surface area contributed by atoms with E-state index < -0.39 is 14.9 Å². The van der Waals surface area contributed by atoms with Crippen molar-refractivity contribution in [3.8, 4) is 0 Å². The molecule has 0 aromatic carbocycles. The van der Waals surface area contributed by atoms with Gasteiger partial charge in [-0.15, -0.1) is 0 Å². The van der Waals surface area contributed by atoms with Crippen LogP contribution < -0.4 is 0 Å². The van der Waals surface area contributed by atoms with Crippen molar-refractivity contribution in [3.63, 3.8) is 0 Å². The first kappa shape index (κ1) is 8.97. The Morgan fingerprint density at radius 1 is 1.46 bits per heavy atom. The third kappa shape index (κ3) is 1.09. The summed E-state index contributed by atoms with van der Waals surface area (Å²) >= 11 is 0.